The summed E-state index contributed by atoms with van der Waals surface area (Å²) in [7, 11) is 0. The molecule has 0 aliphatic rings. The third kappa shape index (κ3) is 1.40. The third-order valence-corrected chi connectivity index (χ3v) is 2.03. The van der Waals surface area contributed by atoms with E-state index in [1.165, 1.54) is 0 Å². The number of hydrogen-bond acceptors (Lipinski definition) is 2. The van der Waals surface area contributed by atoms with Gasteiger partial charge in [-0.05, 0) is 30.7 Å². The molecule has 3 heteroatoms. The zero-order valence-electron chi connectivity index (χ0n) is 7.44. The molecule has 0 atom stereocenters. The molecular formula is C10H11N3. The van der Waals surface area contributed by atoms with E-state index in [9.17, 15) is 0 Å². The SMILES string of the molecule is Cc1ccc(-n2cccn2)cc1N. The summed E-state index contributed by atoms with van der Waals surface area (Å²) in [5, 5.41) is 4.12. The van der Waals surface area contributed by atoms with E-state index in [-0.39, 0.29) is 0 Å². The van der Waals surface area contributed by atoms with Crippen LogP contribution in [0.15, 0.2) is 36.7 Å². The highest BCUT2D eigenvalue weighted by Gasteiger charge is 1.98. The molecule has 0 unspecified atom stereocenters. The average Bonchev–Trinajstić information content (AvgIpc) is 2.62. The summed E-state index contributed by atoms with van der Waals surface area (Å²) in [4.78, 5) is 0. The fraction of sp³-hybridized carbons (Fsp3) is 0.100. The van der Waals surface area contributed by atoms with Gasteiger partial charge in [0.1, 0.15) is 0 Å². The first-order valence-electron chi connectivity index (χ1n) is 4.13. The van der Waals surface area contributed by atoms with E-state index >= 15 is 0 Å². The minimum absolute atomic E-state index is 0.799. The highest BCUT2D eigenvalue weighted by Crippen LogP contribution is 2.15. The lowest BCUT2D eigenvalue weighted by Gasteiger charge is -2.04. The molecule has 2 aromatic rings. The van der Waals surface area contributed by atoms with Crippen molar-refractivity contribution in [1.29, 1.82) is 0 Å². The molecule has 0 fully saturated rings. The Kier molecular flexibility index (Phi) is 1.77. The van der Waals surface area contributed by atoms with Crippen LogP contribution in [0.2, 0.25) is 0 Å². The van der Waals surface area contributed by atoms with Crippen LogP contribution in [0.3, 0.4) is 0 Å². The second-order valence-corrected chi connectivity index (χ2v) is 2.99. The maximum atomic E-state index is 5.79. The van der Waals surface area contributed by atoms with Gasteiger partial charge in [0.05, 0.1) is 5.69 Å². The van der Waals surface area contributed by atoms with Gasteiger partial charge >= 0.3 is 0 Å². The van der Waals surface area contributed by atoms with Crippen molar-refractivity contribution >= 4 is 5.69 Å². The van der Waals surface area contributed by atoms with Crippen LogP contribution in [-0.4, -0.2) is 9.78 Å². The molecule has 0 amide bonds. The third-order valence-electron chi connectivity index (χ3n) is 2.03. The number of hydrogen-bond donors (Lipinski definition) is 1. The number of aryl methyl sites for hydroxylation is 1. The second-order valence-electron chi connectivity index (χ2n) is 2.99. The molecule has 0 spiro atoms. The highest BCUT2D eigenvalue weighted by atomic mass is 15.3. The monoisotopic (exact) mass is 173 g/mol. The Hall–Kier alpha value is -1.77. The second kappa shape index (κ2) is 2.94. The van der Waals surface area contributed by atoms with Crippen molar-refractivity contribution in [3.63, 3.8) is 0 Å². The zero-order chi connectivity index (χ0) is 9.26. The predicted octanol–water partition coefficient (Wildman–Crippen LogP) is 1.76. The topological polar surface area (TPSA) is 43.8 Å². The Labute approximate surface area is 76.8 Å². The van der Waals surface area contributed by atoms with E-state index in [4.69, 9.17) is 5.73 Å². The summed E-state index contributed by atoms with van der Waals surface area (Å²) in [5.74, 6) is 0. The largest absolute Gasteiger partial charge is 0.398 e. The van der Waals surface area contributed by atoms with Crippen molar-refractivity contribution in [2.45, 2.75) is 6.92 Å². The van der Waals surface area contributed by atoms with Crippen LogP contribution in [0.4, 0.5) is 5.69 Å². The van der Waals surface area contributed by atoms with Crippen LogP contribution >= 0.6 is 0 Å². The first-order chi connectivity index (χ1) is 6.27. The minimum atomic E-state index is 0.799. The lowest BCUT2D eigenvalue weighted by atomic mass is 10.2. The van der Waals surface area contributed by atoms with Gasteiger partial charge in [0.15, 0.2) is 0 Å². The molecule has 0 bridgehead atoms. The molecule has 66 valence electrons. The Morgan fingerprint density at radius 3 is 2.85 bits per heavy atom. The van der Waals surface area contributed by atoms with Crippen molar-refractivity contribution in [1.82, 2.24) is 9.78 Å². The predicted molar refractivity (Wildman–Crippen MR) is 52.7 cm³/mol. The fourth-order valence-electron chi connectivity index (χ4n) is 1.19. The van der Waals surface area contributed by atoms with Gasteiger partial charge in [0.2, 0.25) is 0 Å². The lowest BCUT2D eigenvalue weighted by molar-refractivity contribution is 0.880. The first-order valence-corrected chi connectivity index (χ1v) is 4.13. The number of aromatic nitrogens is 2. The molecule has 0 radical (unpaired) electrons. The fourth-order valence-corrected chi connectivity index (χ4v) is 1.19. The summed E-state index contributed by atoms with van der Waals surface area (Å²) in [6, 6.07) is 7.80. The van der Waals surface area contributed by atoms with Crippen LogP contribution in [0, 0.1) is 6.92 Å². The van der Waals surface area contributed by atoms with Gasteiger partial charge in [0.25, 0.3) is 0 Å². The first kappa shape index (κ1) is 7.86. The van der Waals surface area contributed by atoms with E-state index in [2.05, 4.69) is 5.10 Å². The quantitative estimate of drug-likeness (QED) is 0.668. The molecule has 3 nitrogen and oxygen atoms in total. The molecule has 1 heterocycles. The molecular weight excluding hydrogens is 162 g/mol. The van der Waals surface area contributed by atoms with Crippen molar-refractivity contribution < 1.29 is 0 Å². The number of benzene rings is 1. The molecule has 0 saturated carbocycles. The molecule has 0 aliphatic carbocycles. The Morgan fingerprint density at radius 2 is 2.23 bits per heavy atom. The maximum absolute atomic E-state index is 5.79. The van der Waals surface area contributed by atoms with Gasteiger partial charge in [-0.2, -0.15) is 5.10 Å². The van der Waals surface area contributed by atoms with Gasteiger partial charge in [-0.25, -0.2) is 4.68 Å². The van der Waals surface area contributed by atoms with E-state index in [0.717, 1.165) is 16.9 Å². The van der Waals surface area contributed by atoms with Gasteiger partial charge in [-0.3, -0.25) is 0 Å². The molecule has 1 aromatic heterocycles. The summed E-state index contributed by atoms with van der Waals surface area (Å²) in [5.41, 5.74) is 8.67. The van der Waals surface area contributed by atoms with E-state index in [1.54, 1.807) is 10.9 Å². The summed E-state index contributed by atoms with van der Waals surface area (Å²) in [6.07, 6.45) is 3.64. The molecule has 2 rings (SSSR count). The summed E-state index contributed by atoms with van der Waals surface area (Å²) >= 11 is 0. The van der Waals surface area contributed by atoms with E-state index in [1.807, 2.05) is 37.4 Å². The lowest BCUT2D eigenvalue weighted by Crippen LogP contribution is -1.97. The highest BCUT2D eigenvalue weighted by molar-refractivity contribution is 5.52. The van der Waals surface area contributed by atoms with Crippen molar-refractivity contribution in [2.24, 2.45) is 0 Å². The van der Waals surface area contributed by atoms with Crippen molar-refractivity contribution in [3.05, 3.63) is 42.2 Å². The Balaban J connectivity index is 2.49. The molecule has 0 aliphatic heterocycles. The number of nitrogen functional groups attached to an aromatic ring is 1. The molecule has 0 saturated heterocycles. The number of rotatable bonds is 1. The standard InChI is InChI=1S/C10H11N3/c1-8-3-4-9(7-10(8)11)13-6-2-5-12-13/h2-7H,11H2,1H3. The number of nitrogens with zero attached hydrogens (tertiary/aromatic N) is 2. The molecule has 1 aromatic carbocycles. The number of anilines is 1. The van der Waals surface area contributed by atoms with E-state index < -0.39 is 0 Å². The average molecular weight is 173 g/mol. The zero-order valence-corrected chi connectivity index (χ0v) is 7.44. The van der Waals surface area contributed by atoms with Gasteiger partial charge < -0.3 is 5.73 Å². The van der Waals surface area contributed by atoms with E-state index in [0.29, 0.717) is 0 Å². The minimum Gasteiger partial charge on any atom is -0.398 e. The van der Waals surface area contributed by atoms with Crippen LogP contribution in [0.25, 0.3) is 5.69 Å². The van der Waals surface area contributed by atoms with Crippen LogP contribution in [0.1, 0.15) is 5.56 Å². The van der Waals surface area contributed by atoms with Gasteiger partial charge in [-0.15, -0.1) is 0 Å². The van der Waals surface area contributed by atoms with Crippen molar-refractivity contribution in [2.75, 3.05) is 5.73 Å². The van der Waals surface area contributed by atoms with Gasteiger partial charge in [-0.1, -0.05) is 6.07 Å². The Morgan fingerprint density at radius 1 is 1.38 bits per heavy atom. The van der Waals surface area contributed by atoms with Crippen LogP contribution in [-0.2, 0) is 0 Å². The van der Waals surface area contributed by atoms with Crippen LogP contribution in [0.5, 0.6) is 0 Å². The van der Waals surface area contributed by atoms with Gasteiger partial charge in [0, 0.05) is 18.1 Å². The smallest absolute Gasteiger partial charge is 0.0666 e. The Bertz CT molecular complexity index is 404. The maximum Gasteiger partial charge on any atom is 0.0666 e. The molecule has 13 heavy (non-hydrogen) atoms. The van der Waals surface area contributed by atoms with Crippen molar-refractivity contribution in [3.8, 4) is 5.69 Å². The normalized spacial score (nSPS) is 10.2. The van der Waals surface area contributed by atoms with Crippen LogP contribution < -0.4 is 5.73 Å². The number of nitrogens with two attached hydrogens (primary N) is 1. The molecule has 2 N–H and O–H groups in total. The summed E-state index contributed by atoms with van der Waals surface area (Å²) < 4.78 is 1.79. The summed E-state index contributed by atoms with van der Waals surface area (Å²) in [6.45, 7) is 1.99.